The third-order valence-electron chi connectivity index (χ3n) is 7.27. The first-order valence-electron chi connectivity index (χ1n) is 13.2. The van der Waals surface area contributed by atoms with Crippen LogP contribution < -0.4 is 16.4 Å². The fourth-order valence-corrected chi connectivity index (χ4v) is 5.54. The summed E-state index contributed by atoms with van der Waals surface area (Å²) in [5.41, 5.74) is 14.2. The van der Waals surface area contributed by atoms with Gasteiger partial charge in [0.15, 0.2) is 5.82 Å². The average Bonchev–Trinajstić information content (AvgIpc) is 3.03. The summed E-state index contributed by atoms with van der Waals surface area (Å²) in [5.74, 6) is 1.27. The molecule has 1 aromatic carbocycles. The predicted molar refractivity (Wildman–Crippen MR) is 145 cm³/mol. The molecule has 0 bridgehead atoms. The summed E-state index contributed by atoms with van der Waals surface area (Å²) < 4.78 is 1.55. The van der Waals surface area contributed by atoms with E-state index < -0.39 is 0 Å². The minimum absolute atomic E-state index is 0.268. The van der Waals surface area contributed by atoms with E-state index in [0.717, 1.165) is 66.7 Å². The summed E-state index contributed by atoms with van der Waals surface area (Å²) in [6, 6.07) is 13.6. The number of nitrogen functional groups attached to an aromatic ring is 1. The molecule has 0 radical (unpaired) electrons. The number of benzene rings is 1. The molecule has 0 saturated heterocycles. The summed E-state index contributed by atoms with van der Waals surface area (Å²) >= 11 is 0. The Morgan fingerprint density at radius 2 is 1.84 bits per heavy atom. The molecule has 0 amide bonds. The van der Waals surface area contributed by atoms with Crippen LogP contribution in [0.15, 0.2) is 42.6 Å². The molecule has 2 aliphatic rings. The summed E-state index contributed by atoms with van der Waals surface area (Å²) in [4.78, 5) is 8.99. The van der Waals surface area contributed by atoms with E-state index in [1.165, 1.54) is 17.5 Å². The Hall–Kier alpha value is -3.85. The monoisotopic (exact) mass is 495 g/mol. The fraction of sp³-hybridized carbons (Fsp3) is 0.393. The maximum Gasteiger partial charge on any atom is 0.248 e. The lowest BCUT2D eigenvalue weighted by Crippen LogP contribution is -2.34. The molecule has 4 aromatic rings. The van der Waals surface area contributed by atoms with E-state index in [-0.39, 0.29) is 5.95 Å². The largest absolute Gasteiger partial charge is 0.368 e. The van der Waals surface area contributed by atoms with Gasteiger partial charge in [0, 0.05) is 35.2 Å². The smallest absolute Gasteiger partial charge is 0.248 e. The molecule has 0 unspecified atom stereocenters. The van der Waals surface area contributed by atoms with Gasteiger partial charge in [0.1, 0.15) is 0 Å². The lowest BCUT2D eigenvalue weighted by Gasteiger charge is -2.18. The number of rotatable bonds is 5. The Kier molecular flexibility index (Phi) is 6.30. The highest BCUT2D eigenvalue weighted by molar-refractivity contribution is 5.67. The Balaban J connectivity index is 1.22. The van der Waals surface area contributed by atoms with Gasteiger partial charge in [-0.1, -0.05) is 19.9 Å². The Morgan fingerprint density at radius 3 is 2.70 bits per heavy atom. The van der Waals surface area contributed by atoms with Gasteiger partial charge < -0.3 is 16.4 Å². The number of fused-ring (bicyclic) bond motifs is 4. The number of hydrogen-bond donors (Lipinski definition) is 3. The molecule has 3 aromatic heterocycles. The van der Waals surface area contributed by atoms with Gasteiger partial charge in [0.25, 0.3) is 0 Å². The summed E-state index contributed by atoms with van der Waals surface area (Å²) in [6.07, 6.45) is 9.14. The lowest BCUT2D eigenvalue weighted by atomic mass is 10.0. The topological polar surface area (TPSA) is 119 Å². The minimum atomic E-state index is 0.268. The second-order valence-electron chi connectivity index (χ2n) is 10.3. The Morgan fingerprint density at radius 1 is 0.973 bits per heavy atom. The normalized spacial score (nSPS) is 16.9. The predicted octanol–water partition coefficient (Wildman–Crippen LogP) is 4.18. The van der Waals surface area contributed by atoms with Crippen molar-refractivity contribution in [2.75, 3.05) is 11.1 Å². The van der Waals surface area contributed by atoms with Crippen molar-refractivity contribution in [2.24, 2.45) is 0 Å². The zero-order chi connectivity index (χ0) is 25.4. The van der Waals surface area contributed by atoms with E-state index in [1.54, 1.807) is 4.68 Å². The van der Waals surface area contributed by atoms with Crippen LogP contribution >= 0.6 is 0 Å². The highest BCUT2D eigenvalue weighted by Crippen LogP contribution is 2.30. The van der Waals surface area contributed by atoms with Crippen LogP contribution in [-0.4, -0.2) is 42.0 Å². The fourth-order valence-electron chi connectivity index (χ4n) is 5.54. The third-order valence-corrected chi connectivity index (χ3v) is 7.27. The van der Waals surface area contributed by atoms with Crippen LogP contribution in [0.5, 0.6) is 0 Å². The van der Waals surface area contributed by atoms with E-state index in [0.29, 0.717) is 23.8 Å². The Labute approximate surface area is 216 Å². The molecular weight excluding hydrogens is 462 g/mol. The molecular formula is C28H33N9. The van der Waals surface area contributed by atoms with Gasteiger partial charge in [0.05, 0.1) is 5.69 Å². The molecule has 1 atom stereocenters. The number of aromatic nitrogens is 6. The molecule has 9 nitrogen and oxygen atoms in total. The second kappa shape index (κ2) is 9.89. The van der Waals surface area contributed by atoms with Crippen LogP contribution in [-0.2, 0) is 25.7 Å². The molecule has 190 valence electrons. The van der Waals surface area contributed by atoms with Crippen molar-refractivity contribution in [3.05, 3.63) is 65.0 Å². The van der Waals surface area contributed by atoms with Crippen molar-refractivity contribution in [1.82, 2.24) is 35.3 Å². The van der Waals surface area contributed by atoms with Crippen molar-refractivity contribution in [2.45, 2.75) is 70.9 Å². The third kappa shape index (κ3) is 4.91. The van der Waals surface area contributed by atoms with E-state index in [2.05, 4.69) is 74.0 Å². The van der Waals surface area contributed by atoms with Crippen molar-refractivity contribution < 1.29 is 0 Å². The van der Waals surface area contributed by atoms with Crippen molar-refractivity contribution in [3.8, 4) is 17.1 Å². The Bertz CT molecular complexity index is 1430. The molecule has 0 aliphatic heterocycles. The van der Waals surface area contributed by atoms with Gasteiger partial charge >= 0.3 is 0 Å². The van der Waals surface area contributed by atoms with Gasteiger partial charge in [-0.15, -0.1) is 15.3 Å². The van der Waals surface area contributed by atoms with Crippen LogP contribution in [0.3, 0.4) is 0 Å². The molecule has 4 N–H and O–H groups in total. The van der Waals surface area contributed by atoms with Crippen LogP contribution in [0.4, 0.5) is 17.6 Å². The first-order valence-corrected chi connectivity index (χ1v) is 13.2. The maximum atomic E-state index is 6.26. The zero-order valence-corrected chi connectivity index (χ0v) is 21.4. The number of nitrogens with one attached hydrogen (secondary N) is 2. The number of aryl methyl sites for hydroxylation is 4. The number of hydrogen-bond acceptors (Lipinski definition) is 8. The van der Waals surface area contributed by atoms with Gasteiger partial charge in [-0.05, 0) is 92.0 Å². The minimum Gasteiger partial charge on any atom is -0.368 e. The van der Waals surface area contributed by atoms with E-state index in [9.17, 15) is 0 Å². The van der Waals surface area contributed by atoms with Crippen LogP contribution in [0.1, 0.15) is 55.5 Å². The van der Waals surface area contributed by atoms with Crippen molar-refractivity contribution >= 4 is 17.6 Å². The van der Waals surface area contributed by atoms with Crippen molar-refractivity contribution in [3.63, 3.8) is 0 Å². The average molecular weight is 496 g/mol. The number of nitrogens with two attached hydrogens (primary N) is 1. The van der Waals surface area contributed by atoms with Gasteiger partial charge in [-0.25, -0.2) is 0 Å². The number of anilines is 3. The number of nitrogens with zero attached hydrogens (tertiary/aromatic N) is 6. The standard InChI is InChI=1S/C28H33N9/c1-17(2)31-21-11-8-18-9-13-22(15-19(18)10-12-21)32-28-33-27(29)37(36-28)25-16-20-5-3-7-24-23(6-4-14-30-24)26(20)35-34-25/h4,6,9,13-17,21,31H,3,5,7-8,10-12H2,1-2H3,(H3,29,32,33,36)/t21-/m1/s1. The van der Waals surface area contributed by atoms with Crippen LogP contribution in [0.2, 0.25) is 0 Å². The first kappa shape index (κ1) is 23.5. The zero-order valence-electron chi connectivity index (χ0n) is 21.4. The quantitative estimate of drug-likeness (QED) is 0.353. The number of pyridine rings is 1. The lowest BCUT2D eigenvalue weighted by molar-refractivity contribution is 0.424. The van der Waals surface area contributed by atoms with E-state index in [4.69, 9.17) is 5.73 Å². The summed E-state index contributed by atoms with van der Waals surface area (Å²) in [6.45, 7) is 4.43. The molecule has 9 heteroatoms. The molecule has 0 saturated carbocycles. The highest BCUT2D eigenvalue weighted by atomic mass is 15.4. The maximum absolute atomic E-state index is 6.26. The van der Waals surface area contributed by atoms with Gasteiger partial charge in [-0.2, -0.15) is 9.67 Å². The molecule has 37 heavy (non-hydrogen) atoms. The SMILES string of the molecule is CC(C)N[C@@H]1CCc2ccc(Nc3nc(N)n(-c4cc5c(nn4)-c4cccnc4CCC5)n3)cc2CC1. The van der Waals surface area contributed by atoms with E-state index >= 15 is 0 Å². The van der Waals surface area contributed by atoms with Crippen LogP contribution in [0.25, 0.3) is 17.1 Å². The second-order valence-corrected chi connectivity index (χ2v) is 10.3. The van der Waals surface area contributed by atoms with Crippen molar-refractivity contribution in [1.29, 1.82) is 0 Å². The molecule has 0 fully saturated rings. The molecule has 0 spiro atoms. The van der Waals surface area contributed by atoms with Crippen LogP contribution in [0, 0.1) is 0 Å². The highest BCUT2D eigenvalue weighted by Gasteiger charge is 2.20. The first-order chi connectivity index (χ1) is 18.0. The van der Waals surface area contributed by atoms with E-state index in [1.807, 2.05) is 18.3 Å². The van der Waals surface area contributed by atoms with Gasteiger partial charge in [0.2, 0.25) is 11.9 Å². The van der Waals surface area contributed by atoms with Gasteiger partial charge in [-0.3, -0.25) is 4.98 Å². The molecule has 6 rings (SSSR count). The summed E-state index contributed by atoms with van der Waals surface area (Å²) in [7, 11) is 0. The molecule has 2 aliphatic carbocycles. The molecule has 3 heterocycles. The summed E-state index contributed by atoms with van der Waals surface area (Å²) in [5, 5.41) is 20.6.